The summed E-state index contributed by atoms with van der Waals surface area (Å²) in [5, 5.41) is 10.6. The van der Waals surface area contributed by atoms with Gasteiger partial charge in [-0.05, 0) is 12.8 Å². The van der Waals surface area contributed by atoms with Crippen molar-refractivity contribution < 1.29 is 22.9 Å². The van der Waals surface area contributed by atoms with Gasteiger partial charge in [0.25, 0.3) is 5.69 Å². The van der Waals surface area contributed by atoms with Crippen LogP contribution in [0.25, 0.3) is 0 Å². The molecule has 1 aromatic carbocycles. The van der Waals surface area contributed by atoms with E-state index in [0.29, 0.717) is 12.8 Å². The minimum Gasteiger partial charge on any atom is -0.293 e. The van der Waals surface area contributed by atoms with Gasteiger partial charge in [-0.1, -0.05) is 12.1 Å². The molecule has 0 unspecified atom stereocenters. The van der Waals surface area contributed by atoms with Crippen LogP contribution in [0, 0.1) is 10.1 Å². The van der Waals surface area contributed by atoms with Gasteiger partial charge in [-0.25, -0.2) is 0 Å². The van der Waals surface area contributed by atoms with E-state index in [1.165, 1.54) is 18.2 Å². The maximum atomic E-state index is 12.5. The maximum absolute atomic E-state index is 12.5. The number of non-ortho nitro benzene ring substituents is 1. The molecule has 0 N–H and O–H groups in total. The number of halogens is 3. The van der Waals surface area contributed by atoms with Crippen molar-refractivity contribution in [1.82, 2.24) is 4.90 Å². The standard InChI is InChI=1S/C13H13F3N2O3/c14-13(15,16)8-17(10-4-5-10)7-12(19)9-2-1-3-11(6-9)18(20)21/h1-3,6,10H,4-5,7-8H2. The van der Waals surface area contributed by atoms with Crippen LogP contribution in [0.4, 0.5) is 18.9 Å². The van der Waals surface area contributed by atoms with Crippen molar-refractivity contribution in [3.05, 3.63) is 39.9 Å². The Morgan fingerprint density at radius 3 is 2.57 bits per heavy atom. The Morgan fingerprint density at radius 2 is 2.05 bits per heavy atom. The first-order valence-corrected chi connectivity index (χ1v) is 6.35. The highest BCUT2D eigenvalue weighted by Crippen LogP contribution is 2.30. The highest BCUT2D eigenvalue weighted by atomic mass is 19.4. The van der Waals surface area contributed by atoms with E-state index in [9.17, 15) is 28.1 Å². The Hall–Kier alpha value is -1.96. The molecule has 1 saturated carbocycles. The van der Waals surface area contributed by atoms with Crippen LogP contribution in [0.3, 0.4) is 0 Å². The van der Waals surface area contributed by atoms with Crippen molar-refractivity contribution in [2.24, 2.45) is 0 Å². The van der Waals surface area contributed by atoms with E-state index >= 15 is 0 Å². The van der Waals surface area contributed by atoms with Crippen LogP contribution in [0.1, 0.15) is 23.2 Å². The van der Waals surface area contributed by atoms with Crippen molar-refractivity contribution >= 4 is 11.5 Å². The van der Waals surface area contributed by atoms with Crippen LogP contribution in [0.15, 0.2) is 24.3 Å². The lowest BCUT2D eigenvalue weighted by atomic mass is 10.1. The SMILES string of the molecule is O=C(CN(CC(F)(F)F)C1CC1)c1cccc([N+](=O)[O-])c1. The van der Waals surface area contributed by atoms with E-state index in [4.69, 9.17) is 0 Å². The van der Waals surface area contributed by atoms with Gasteiger partial charge in [-0.15, -0.1) is 0 Å². The van der Waals surface area contributed by atoms with Crippen molar-refractivity contribution in [3.8, 4) is 0 Å². The van der Waals surface area contributed by atoms with E-state index in [1.54, 1.807) is 0 Å². The summed E-state index contributed by atoms with van der Waals surface area (Å²) in [6.07, 6.45) is -3.10. The van der Waals surface area contributed by atoms with E-state index in [0.717, 1.165) is 11.0 Å². The number of nitro benzene ring substituents is 1. The van der Waals surface area contributed by atoms with Gasteiger partial charge in [0.15, 0.2) is 5.78 Å². The van der Waals surface area contributed by atoms with Crippen molar-refractivity contribution in [2.75, 3.05) is 13.1 Å². The van der Waals surface area contributed by atoms with Crippen LogP contribution >= 0.6 is 0 Å². The van der Waals surface area contributed by atoms with Gasteiger partial charge in [0, 0.05) is 23.7 Å². The summed E-state index contributed by atoms with van der Waals surface area (Å²) in [4.78, 5) is 23.1. The molecule has 0 spiro atoms. The largest absolute Gasteiger partial charge is 0.401 e. The molecule has 8 heteroatoms. The van der Waals surface area contributed by atoms with Crippen molar-refractivity contribution in [1.29, 1.82) is 0 Å². The van der Waals surface area contributed by atoms with Gasteiger partial charge in [-0.2, -0.15) is 13.2 Å². The molecule has 1 aliphatic rings. The van der Waals surface area contributed by atoms with Gasteiger partial charge < -0.3 is 0 Å². The topological polar surface area (TPSA) is 63.5 Å². The quantitative estimate of drug-likeness (QED) is 0.460. The summed E-state index contributed by atoms with van der Waals surface area (Å²) in [6, 6.07) is 4.80. The molecule has 0 amide bonds. The van der Waals surface area contributed by atoms with Crippen LogP contribution in [-0.4, -0.2) is 40.9 Å². The number of nitro groups is 1. The van der Waals surface area contributed by atoms with E-state index < -0.39 is 23.4 Å². The molecular weight excluding hydrogens is 289 g/mol. The van der Waals surface area contributed by atoms with E-state index in [2.05, 4.69) is 0 Å². The number of ketones is 1. The molecular formula is C13H13F3N2O3. The smallest absolute Gasteiger partial charge is 0.293 e. The van der Waals surface area contributed by atoms with Gasteiger partial charge in [-0.3, -0.25) is 19.8 Å². The third kappa shape index (κ3) is 4.52. The molecule has 0 aromatic heterocycles. The monoisotopic (exact) mass is 302 g/mol. The summed E-state index contributed by atoms with van der Waals surface area (Å²) < 4.78 is 37.4. The zero-order valence-corrected chi connectivity index (χ0v) is 11.0. The first kappa shape index (κ1) is 15.4. The summed E-state index contributed by atoms with van der Waals surface area (Å²) in [7, 11) is 0. The number of hydrogen-bond acceptors (Lipinski definition) is 4. The fraction of sp³-hybridized carbons (Fsp3) is 0.462. The number of rotatable bonds is 6. The molecule has 1 aromatic rings. The summed E-state index contributed by atoms with van der Waals surface area (Å²) in [6.45, 7) is -1.52. The van der Waals surface area contributed by atoms with E-state index in [1.807, 2.05) is 0 Å². The summed E-state index contributed by atoms with van der Waals surface area (Å²) >= 11 is 0. The Bertz CT molecular complexity index is 556. The Morgan fingerprint density at radius 1 is 1.38 bits per heavy atom. The second-order valence-corrected chi connectivity index (χ2v) is 4.98. The Balaban J connectivity index is 2.08. The average Bonchev–Trinajstić information content (AvgIpc) is 3.20. The normalized spacial score (nSPS) is 15.2. The molecule has 0 aliphatic heterocycles. The Kier molecular flexibility index (Phi) is 4.26. The summed E-state index contributed by atoms with van der Waals surface area (Å²) in [5.41, 5.74) is -0.202. The number of Topliss-reactive ketones (excluding diaryl/α,β-unsaturated/α-hetero) is 1. The molecule has 21 heavy (non-hydrogen) atoms. The van der Waals surface area contributed by atoms with Crippen LogP contribution < -0.4 is 0 Å². The van der Waals surface area contributed by atoms with Gasteiger partial charge >= 0.3 is 6.18 Å². The van der Waals surface area contributed by atoms with Crippen molar-refractivity contribution in [2.45, 2.75) is 25.1 Å². The lowest BCUT2D eigenvalue weighted by molar-refractivity contribution is -0.384. The molecule has 0 atom stereocenters. The Labute approximate surface area is 118 Å². The van der Waals surface area contributed by atoms with E-state index in [-0.39, 0.29) is 23.8 Å². The molecule has 0 radical (unpaired) electrons. The average molecular weight is 302 g/mol. The third-order valence-electron chi connectivity index (χ3n) is 3.17. The predicted octanol–water partition coefficient (Wildman–Crippen LogP) is 2.80. The third-order valence-corrected chi connectivity index (χ3v) is 3.17. The number of carbonyl (C=O) groups is 1. The second-order valence-electron chi connectivity index (χ2n) is 4.98. The lowest BCUT2D eigenvalue weighted by Crippen LogP contribution is -2.39. The van der Waals surface area contributed by atoms with Crippen LogP contribution in [-0.2, 0) is 0 Å². The lowest BCUT2D eigenvalue weighted by Gasteiger charge is -2.22. The minimum absolute atomic E-state index is 0.0528. The second kappa shape index (κ2) is 5.80. The zero-order chi connectivity index (χ0) is 15.6. The van der Waals surface area contributed by atoms with Crippen LogP contribution in [0.5, 0.6) is 0 Å². The molecule has 1 aliphatic carbocycles. The predicted molar refractivity (Wildman–Crippen MR) is 68.1 cm³/mol. The van der Waals surface area contributed by atoms with Crippen LogP contribution in [0.2, 0.25) is 0 Å². The maximum Gasteiger partial charge on any atom is 0.401 e. The highest BCUT2D eigenvalue weighted by Gasteiger charge is 2.38. The van der Waals surface area contributed by atoms with Gasteiger partial charge in [0.2, 0.25) is 0 Å². The molecule has 0 heterocycles. The number of nitrogens with zero attached hydrogens (tertiary/aromatic N) is 2. The highest BCUT2D eigenvalue weighted by molar-refractivity contribution is 5.98. The van der Waals surface area contributed by atoms with Gasteiger partial charge in [0.05, 0.1) is 18.0 Å². The molecule has 114 valence electrons. The fourth-order valence-electron chi connectivity index (χ4n) is 2.05. The molecule has 0 saturated heterocycles. The number of carbonyl (C=O) groups excluding carboxylic acids is 1. The first-order chi connectivity index (χ1) is 9.76. The fourth-order valence-corrected chi connectivity index (χ4v) is 2.05. The number of alkyl halides is 3. The number of hydrogen-bond donors (Lipinski definition) is 0. The first-order valence-electron chi connectivity index (χ1n) is 6.35. The molecule has 0 bridgehead atoms. The molecule has 5 nitrogen and oxygen atoms in total. The molecule has 1 fully saturated rings. The minimum atomic E-state index is -4.37. The zero-order valence-electron chi connectivity index (χ0n) is 11.0. The molecule has 2 rings (SSSR count). The number of benzene rings is 1. The summed E-state index contributed by atoms with van der Waals surface area (Å²) in [5.74, 6) is -0.546. The van der Waals surface area contributed by atoms with Crippen molar-refractivity contribution in [3.63, 3.8) is 0 Å². The van der Waals surface area contributed by atoms with Gasteiger partial charge in [0.1, 0.15) is 0 Å².